The number of hydrogen-bond donors (Lipinski definition) is 0. The number of furan rings is 1. The highest BCUT2D eigenvalue weighted by atomic mass is 32.2. The molecule has 0 saturated carbocycles. The Bertz CT molecular complexity index is 826. The van der Waals surface area contributed by atoms with Crippen LogP contribution >= 0.6 is 0 Å². The van der Waals surface area contributed by atoms with Crippen LogP contribution in [0.1, 0.15) is 42.3 Å². The number of sulfone groups is 1. The first-order chi connectivity index (χ1) is 12.0. The van der Waals surface area contributed by atoms with Crippen LogP contribution in [0.25, 0.3) is 0 Å². The molecule has 1 amide bonds. The van der Waals surface area contributed by atoms with Crippen LogP contribution < -0.4 is 0 Å². The van der Waals surface area contributed by atoms with Gasteiger partial charge < -0.3 is 9.32 Å². The van der Waals surface area contributed by atoms with Crippen LogP contribution in [0, 0.1) is 5.92 Å². The minimum atomic E-state index is -3.52. The Hall–Kier alpha value is -2.08. The van der Waals surface area contributed by atoms with Crippen LogP contribution in [0.5, 0.6) is 0 Å². The summed E-state index contributed by atoms with van der Waals surface area (Å²) in [6, 6.07) is 9.85. The van der Waals surface area contributed by atoms with Crippen LogP contribution in [-0.4, -0.2) is 32.3 Å². The van der Waals surface area contributed by atoms with Gasteiger partial charge in [0.2, 0.25) is 0 Å². The van der Waals surface area contributed by atoms with Gasteiger partial charge in [0.05, 0.1) is 16.9 Å². The largest absolute Gasteiger partial charge is 0.459 e. The van der Waals surface area contributed by atoms with Gasteiger partial charge in [0, 0.05) is 18.7 Å². The number of carbonyl (C=O) groups excluding carboxylic acids is 1. The number of piperidine rings is 1. The predicted octanol–water partition coefficient (Wildman–Crippen LogP) is 3.52. The van der Waals surface area contributed by atoms with Crippen molar-refractivity contribution in [2.24, 2.45) is 5.92 Å². The zero-order valence-electron chi connectivity index (χ0n) is 14.3. The van der Waals surface area contributed by atoms with Gasteiger partial charge in [0.15, 0.2) is 15.6 Å². The maximum atomic E-state index is 12.8. The Morgan fingerprint density at radius 1 is 1.24 bits per heavy atom. The van der Waals surface area contributed by atoms with Crippen molar-refractivity contribution in [3.63, 3.8) is 0 Å². The third kappa shape index (κ3) is 3.95. The molecular formula is C19H23NO4S. The molecule has 1 aliphatic heterocycles. The molecule has 6 heteroatoms. The Morgan fingerprint density at radius 2 is 2.00 bits per heavy atom. The molecule has 134 valence electrons. The minimum absolute atomic E-state index is 0.149. The molecule has 0 unspecified atom stereocenters. The van der Waals surface area contributed by atoms with Gasteiger partial charge in [-0.3, -0.25) is 4.79 Å². The quantitative estimate of drug-likeness (QED) is 0.817. The number of nitrogens with zero attached hydrogens (tertiary/aromatic N) is 1. The summed E-state index contributed by atoms with van der Waals surface area (Å²) in [5.41, 5.74) is 0.424. The van der Waals surface area contributed by atoms with E-state index in [9.17, 15) is 13.2 Å². The molecule has 0 bridgehead atoms. The standard InChI is InChI=1S/C19H23NO4S/c1-2-15-7-6-11-20(13-15)19(21)18-16(10-12-24-18)14-25(22,23)17-8-4-3-5-9-17/h3-5,8-10,12,15H,2,6-7,11,13-14H2,1H3/t15-/m0/s1. The minimum Gasteiger partial charge on any atom is -0.459 e. The summed E-state index contributed by atoms with van der Waals surface area (Å²) >= 11 is 0. The number of benzene rings is 1. The second-order valence-electron chi connectivity index (χ2n) is 6.51. The van der Waals surface area contributed by atoms with Crippen molar-refractivity contribution < 1.29 is 17.6 Å². The molecule has 2 heterocycles. The van der Waals surface area contributed by atoms with Gasteiger partial charge in [-0.15, -0.1) is 0 Å². The molecular weight excluding hydrogens is 338 g/mol. The number of likely N-dealkylation sites (tertiary alicyclic amines) is 1. The maximum Gasteiger partial charge on any atom is 0.289 e. The van der Waals surface area contributed by atoms with Crippen molar-refractivity contribution in [1.82, 2.24) is 4.90 Å². The molecule has 1 aromatic heterocycles. The van der Waals surface area contributed by atoms with Crippen molar-refractivity contribution in [3.8, 4) is 0 Å². The van der Waals surface area contributed by atoms with Crippen molar-refractivity contribution >= 4 is 15.7 Å². The number of rotatable bonds is 5. The van der Waals surface area contributed by atoms with E-state index in [0.717, 1.165) is 19.3 Å². The van der Waals surface area contributed by atoms with Gasteiger partial charge in [0.25, 0.3) is 5.91 Å². The lowest BCUT2D eigenvalue weighted by Gasteiger charge is -2.31. The van der Waals surface area contributed by atoms with E-state index in [4.69, 9.17) is 4.42 Å². The van der Waals surface area contributed by atoms with Crippen LogP contribution in [0.4, 0.5) is 0 Å². The summed E-state index contributed by atoms with van der Waals surface area (Å²) in [7, 11) is -3.52. The fourth-order valence-corrected chi connectivity index (χ4v) is 4.65. The Kier molecular flexibility index (Phi) is 5.27. The number of carbonyl (C=O) groups is 1. The molecule has 0 spiro atoms. The molecule has 1 atom stereocenters. The molecule has 1 saturated heterocycles. The third-order valence-corrected chi connectivity index (χ3v) is 6.45. The molecule has 25 heavy (non-hydrogen) atoms. The monoisotopic (exact) mass is 361 g/mol. The van der Waals surface area contributed by atoms with Gasteiger partial charge in [-0.2, -0.15) is 0 Å². The summed E-state index contributed by atoms with van der Waals surface area (Å²) in [5.74, 6) is 0.210. The molecule has 3 rings (SSSR count). The van der Waals surface area contributed by atoms with Crippen molar-refractivity contribution in [2.75, 3.05) is 13.1 Å². The zero-order chi connectivity index (χ0) is 17.9. The topological polar surface area (TPSA) is 67.6 Å². The van der Waals surface area contributed by atoms with E-state index in [-0.39, 0.29) is 22.3 Å². The van der Waals surface area contributed by atoms with Crippen LogP contribution in [-0.2, 0) is 15.6 Å². The van der Waals surface area contributed by atoms with Crippen molar-refractivity contribution in [1.29, 1.82) is 0 Å². The highest BCUT2D eigenvalue weighted by Gasteiger charge is 2.28. The second kappa shape index (κ2) is 7.44. The Balaban J connectivity index is 1.80. The first-order valence-corrected chi connectivity index (χ1v) is 10.3. The van der Waals surface area contributed by atoms with Gasteiger partial charge in [-0.05, 0) is 37.0 Å². The fourth-order valence-electron chi connectivity index (χ4n) is 3.28. The zero-order valence-corrected chi connectivity index (χ0v) is 15.2. The van der Waals surface area contributed by atoms with Crippen LogP contribution in [0.2, 0.25) is 0 Å². The highest BCUT2D eigenvalue weighted by Crippen LogP contribution is 2.24. The molecule has 0 aliphatic carbocycles. The fraction of sp³-hybridized carbons (Fsp3) is 0.421. The van der Waals surface area contributed by atoms with Gasteiger partial charge in [-0.1, -0.05) is 31.5 Å². The molecule has 1 fully saturated rings. The number of hydrogen-bond acceptors (Lipinski definition) is 4. The first kappa shape index (κ1) is 17.7. The predicted molar refractivity (Wildman–Crippen MR) is 95.0 cm³/mol. The lowest BCUT2D eigenvalue weighted by atomic mass is 9.95. The summed E-state index contributed by atoms with van der Waals surface area (Å²) in [6.07, 6.45) is 4.54. The van der Waals surface area contributed by atoms with Crippen LogP contribution in [0.15, 0.2) is 52.0 Å². The molecule has 1 aliphatic rings. The normalized spacial score (nSPS) is 18.3. The third-order valence-electron chi connectivity index (χ3n) is 4.77. The van der Waals surface area contributed by atoms with Crippen molar-refractivity contribution in [2.45, 2.75) is 36.8 Å². The molecule has 1 aromatic carbocycles. The smallest absolute Gasteiger partial charge is 0.289 e. The average Bonchev–Trinajstić information content (AvgIpc) is 3.09. The molecule has 0 N–H and O–H groups in total. The Labute approximate surface area is 148 Å². The number of amides is 1. The summed E-state index contributed by atoms with van der Waals surface area (Å²) < 4.78 is 30.5. The van der Waals surface area contributed by atoms with Gasteiger partial charge >= 0.3 is 0 Å². The van der Waals surface area contributed by atoms with E-state index in [1.165, 1.54) is 6.26 Å². The maximum absolute atomic E-state index is 12.8. The molecule has 5 nitrogen and oxygen atoms in total. The first-order valence-electron chi connectivity index (χ1n) is 8.64. The average molecular weight is 361 g/mol. The van der Waals surface area contributed by atoms with Crippen molar-refractivity contribution in [3.05, 3.63) is 54.0 Å². The summed E-state index contributed by atoms with van der Waals surface area (Å²) in [5, 5.41) is 0. The molecule has 2 aromatic rings. The van der Waals surface area contributed by atoms with E-state index in [1.54, 1.807) is 41.3 Å². The summed E-state index contributed by atoms with van der Waals surface area (Å²) in [4.78, 5) is 14.8. The van der Waals surface area contributed by atoms with Crippen LogP contribution in [0.3, 0.4) is 0 Å². The van der Waals surface area contributed by atoms with E-state index in [1.807, 2.05) is 0 Å². The van der Waals surface area contributed by atoms with E-state index in [2.05, 4.69) is 6.92 Å². The lowest BCUT2D eigenvalue weighted by Crippen LogP contribution is -2.40. The van der Waals surface area contributed by atoms with E-state index in [0.29, 0.717) is 24.6 Å². The Morgan fingerprint density at radius 3 is 2.72 bits per heavy atom. The SMILES string of the molecule is CC[C@H]1CCCN(C(=O)c2occc2CS(=O)(=O)c2ccccc2)C1. The van der Waals surface area contributed by atoms with E-state index < -0.39 is 9.84 Å². The highest BCUT2D eigenvalue weighted by molar-refractivity contribution is 7.90. The van der Waals surface area contributed by atoms with E-state index >= 15 is 0 Å². The van der Waals surface area contributed by atoms with Gasteiger partial charge in [0.1, 0.15) is 0 Å². The van der Waals surface area contributed by atoms with Gasteiger partial charge in [-0.25, -0.2) is 8.42 Å². The molecule has 0 radical (unpaired) electrons. The summed E-state index contributed by atoms with van der Waals surface area (Å²) in [6.45, 7) is 3.53. The second-order valence-corrected chi connectivity index (χ2v) is 8.50. The lowest BCUT2D eigenvalue weighted by molar-refractivity contribution is 0.0638.